The first-order valence-electron chi connectivity index (χ1n) is 21.3. The van der Waals surface area contributed by atoms with Gasteiger partial charge in [0.05, 0.1) is 38.8 Å². The summed E-state index contributed by atoms with van der Waals surface area (Å²) in [7, 11) is 0. The molecule has 0 aliphatic rings. The van der Waals surface area contributed by atoms with Gasteiger partial charge in [0, 0.05) is 49.1 Å². The lowest BCUT2D eigenvalue weighted by Crippen LogP contribution is -2.07. The van der Waals surface area contributed by atoms with Crippen molar-refractivity contribution in [2.24, 2.45) is 0 Å². The first-order chi connectivity index (χ1) is 31.3. The van der Waals surface area contributed by atoms with Crippen LogP contribution in [-0.4, -0.2) is 28.7 Å². The van der Waals surface area contributed by atoms with Crippen molar-refractivity contribution in [1.82, 2.24) is 28.7 Å². The molecule has 9 aromatic carbocycles. The van der Waals surface area contributed by atoms with Crippen LogP contribution in [0.5, 0.6) is 0 Å². The highest BCUT2D eigenvalue weighted by Crippen LogP contribution is 2.46. The summed E-state index contributed by atoms with van der Waals surface area (Å²) in [5.74, 6) is 1.76. The number of hydrogen-bond donors (Lipinski definition) is 0. The molecule has 63 heavy (non-hydrogen) atoms. The van der Waals surface area contributed by atoms with E-state index in [9.17, 15) is 0 Å². The average molecular weight is 805 g/mol. The molecule has 0 saturated heterocycles. The van der Waals surface area contributed by atoms with Gasteiger partial charge in [0.25, 0.3) is 0 Å². The monoisotopic (exact) mass is 804 g/mol. The Kier molecular flexibility index (Phi) is 7.80. The van der Waals surface area contributed by atoms with Gasteiger partial charge in [0.1, 0.15) is 0 Å². The lowest BCUT2D eigenvalue weighted by molar-refractivity contribution is 0.953. The van der Waals surface area contributed by atoms with Crippen LogP contribution < -0.4 is 0 Å². The summed E-state index contributed by atoms with van der Waals surface area (Å²) in [5, 5.41) is 7.02. The van der Waals surface area contributed by atoms with E-state index in [0.29, 0.717) is 17.6 Å². The van der Waals surface area contributed by atoms with Crippen molar-refractivity contribution in [3.05, 3.63) is 218 Å². The zero-order chi connectivity index (χ0) is 41.4. The highest BCUT2D eigenvalue weighted by molar-refractivity contribution is 6.29. The van der Waals surface area contributed by atoms with Gasteiger partial charge in [-0.1, -0.05) is 176 Å². The van der Waals surface area contributed by atoms with Gasteiger partial charge < -0.3 is 9.13 Å². The normalized spacial score (nSPS) is 11.8. The van der Waals surface area contributed by atoms with Gasteiger partial charge >= 0.3 is 0 Å². The Labute approximate surface area is 362 Å². The molecule has 6 heteroatoms. The van der Waals surface area contributed by atoms with Gasteiger partial charge in [-0.15, -0.1) is 0 Å². The van der Waals surface area contributed by atoms with Crippen LogP contribution in [0.4, 0.5) is 0 Å². The Balaban J connectivity index is 1.19. The molecule has 0 N–H and O–H groups in total. The molecule has 0 aliphatic heterocycles. The second-order valence-electron chi connectivity index (χ2n) is 16.0. The lowest BCUT2D eigenvalue weighted by Gasteiger charge is -2.15. The quantitative estimate of drug-likeness (QED) is 0.168. The van der Waals surface area contributed by atoms with E-state index in [4.69, 9.17) is 15.0 Å². The zero-order valence-electron chi connectivity index (χ0n) is 34.0. The van der Waals surface area contributed by atoms with E-state index in [1.54, 1.807) is 0 Å². The number of para-hydroxylation sites is 5. The van der Waals surface area contributed by atoms with Gasteiger partial charge in [0.15, 0.2) is 11.6 Å². The molecule has 13 rings (SSSR count). The molecule has 0 fully saturated rings. The van der Waals surface area contributed by atoms with Crippen LogP contribution in [0, 0.1) is 0 Å². The van der Waals surface area contributed by atoms with E-state index < -0.39 is 0 Å². The van der Waals surface area contributed by atoms with E-state index in [2.05, 4.69) is 208 Å². The third-order valence-electron chi connectivity index (χ3n) is 12.5. The fourth-order valence-electron chi connectivity index (χ4n) is 9.75. The Morgan fingerprint density at radius 2 is 0.698 bits per heavy atom. The van der Waals surface area contributed by atoms with Gasteiger partial charge in [-0.05, 0) is 53.6 Å². The largest absolute Gasteiger partial charge is 0.308 e. The highest BCUT2D eigenvalue weighted by atomic mass is 15.2. The second kappa shape index (κ2) is 14.0. The van der Waals surface area contributed by atoms with Crippen molar-refractivity contribution in [2.45, 2.75) is 0 Å². The summed E-state index contributed by atoms with van der Waals surface area (Å²) >= 11 is 0. The Morgan fingerprint density at radius 3 is 1.29 bits per heavy atom. The molecule has 0 radical (unpaired) electrons. The third-order valence-corrected chi connectivity index (χ3v) is 12.5. The minimum Gasteiger partial charge on any atom is -0.308 e. The van der Waals surface area contributed by atoms with Crippen molar-refractivity contribution in [3.8, 4) is 51.2 Å². The van der Waals surface area contributed by atoms with Crippen LogP contribution in [0.15, 0.2) is 218 Å². The molecular weight excluding hydrogens is 769 g/mol. The number of aromatic nitrogens is 6. The summed E-state index contributed by atoms with van der Waals surface area (Å²) in [6.07, 6.45) is 0. The number of fused-ring (bicyclic) bond motifs is 10. The van der Waals surface area contributed by atoms with Crippen molar-refractivity contribution < 1.29 is 0 Å². The van der Waals surface area contributed by atoms with Gasteiger partial charge in [-0.25, -0.2) is 4.98 Å². The van der Waals surface area contributed by atoms with Crippen LogP contribution in [0.3, 0.4) is 0 Å². The summed E-state index contributed by atoms with van der Waals surface area (Å²) in [5.41, 5.74) is 12.9. The fourth-order valence-corrected chi connectivity index (χ4v) is 9.75. The first-order valence-corrected chi connectivity index (χ1v) is 21.3. The lowest BCUT2D eigenvalue weighted by atomic mass is 10.0. The second-order valence-corrected chi connectivity index (χ2v) is 16.0. The molecular formula is C57H36N6. The molecule has 0 amide bonds. The number of benzene rings is 9. The smallest absolute Gasteiger partial charge is 0.238 e. The zero-order valence-corrected chi connectivity index (χ0v) is 34.0. The number of hydrogen-bond acceptors (Lipinski definition) is 3. The maximum absolute atomic E-state index is 5.40. The van der Waals surface area contributed by atoms with Crippen LogP contribution >= 0.6 is 0 Å². The molecule has 294 valence electrons. The predicted molar refractivity (Wildman–Crippen MR) is 259 cm³/mol. The average Bonchev–Trinajstić information content (AvgIpc) is 4.00. The summed E-state index contributed by atoms with van der Waals surface area (Å²) in [6, 6.07) is 77.3. The first kappa shape index (κ1) is 35.2. The molecule has 4 heterocycles. The minimum absolute atomic E-state index is 0.548. The van der Waals surface area contributed by atoms with E-state index in [0.717, 1.165) is 77.5 Å². The molecule has 0 spiro atoms. The van der Waals surface area contributed by atoms with Gasteiger partial charge in [-0.2, -0.15) is 9.97 Å². The summed E-state index contributed by atoms with van der Waals surface area (Å²) in [4.78, 5) is 15.9. The van der Waals surface area contributed by atoms with Crippen molar-refractivity contribution in [2.75, 3.05) is 0 Å². The molecule has 4 aromatic heterocycles. The van der Waals surface area contributed by atoms with Gasteiger partial charge in [0.2, 0.25) is 5.95 Å². The minimum atomic E-state index is 0.548. The molecule has 0 saturated carbocycles. The van der Waals surface area contributed by atoms with Crippen molar-refractivity contribution in [1.29, 1.82) is 0 Å². The van der Waals surface area contributed by atoms with Crippen LogP contribution in [-0.2, 0) is 0 Å². The van der Waals surface area contributed by atoms with E-state index in [-0.39, 0.29) is 0 Å². The molecule has 0 atom stereocenters. The van der Waals surface area contributed by atoms with E-state index in [1.807, 2.05) is 24.3 Å². The summed E-state index contributed by atoms with van der Waals surface area (Å²) in [6.45, 7) is 0. The molecule has 0 bridgehead atoms. The van der Waals surface area contributed by atoms with Crippen LogP contribution in [0.1, 0.15) is 0 Å². The molecule has 0 aliphatic carbocycles. The van der Waals surface area contributed by atoms with Crippen LogP contribution in [0.2, 0.25) is 0 Å². The molecule has 6 nitrogen and oxygen atoms in total. The van der Waals surface area contributed by atoms with Crippen LogP contribution in [0.25, 0.3) is 117 Å². The number of nitrogens with zero attached hydrogens (tertiary/aromatic N) is 6. The van der Waals surface area contributed by atoms with E-state index in [1.165, 1.54) is 21.5 Å². The molecule has 0 unspecified atom stereocenters. The molecule has 13 aromatic rings. The Hall–Kier alpha value is -8.61. The fraction of sp³-hybridized carbons (Fsp3) is 0. The predicted octanol–water partition coefficient (Wildman–Crippen LogP) is 14.2. The Bertz CT molecular complexity index is 3830. The third kappa shape index (κ3) is 5.41. The topological polar surface area (TPSA) is 53.5 Å². The SMILES string of the molecule is c1ccc(-c2ccc(-c3nc(-c4ccccc4)nc(-n4c5ccccc5c5c4cc(-n4c6ccccc6c6ccccc64)c4c6ccccc6n(-c6ccccc6)c45)n3)cc2)cc1. The standard InChI is InChI=1S/C57H36N6/c1-4-18-37(19-5-1)38-32-34-40(35-33-38)56-58-55(39-20-6-2-7-21-39)59-57(60-56)63-49-31-17-13-27-45(49)53-51(63)36-50(62-46-28-14-10-24-42(46)43-25-11-15-29-47(43)62)52-44-26-12-16-30-48(44)61(54(52)53)41-22-8-3-9-23-41/h1-36H. The number of rotatable bonds is 6. The highest BCUT2D eigenvalue weighted by Gasteiger charge is 2.27. The Morgan fingerprint density at radius 1 is 0.286 bits per heavy atom. The van der Waals surface area contributed by atoms with Crippen molar-refractivity contribution in [3.63, 3.8) is 0 Å². The maximum Gasteiger partial charge on any atom is 0.238 e. The van der Waals surface area contributed by atoms with Crippen molar-refractivity contribution >= 4 is 65.4 Å². The maximum atomic E-state index is 5.40. The van der Waals surface area contributed by atoms with E-state index >= 15 is 0 Å². The summed E-state index contributed by atoms with van der Waals surface area (Å²) < 4.78 is 7.16. The van der Waals surface area contributed by atoms with Gasteiger partial charge in [-0.3, -0.25) is 4.57 Å².